The highest BCUT2D eigenvalue weighted by atomic mass is 32.2. The molecule has 1 heterocycles. The highest BCUT2D eigenvalue weighted by molar-refractivity contribution is 7.98. The number of carbonyl (C=O) groups is 1. The van der Waals surface area contributed by atoms with Crippen LogP contribution in [0, 0.1) is 13.8 Å². The van der Waals surface area contributed by atoms with E-state index in [1.54, 1.807) is 24.8 Å². The van der Waals surface area contributed by atoms with Crippen molar-refractivity contribution in [3.8, 4) is 0 Å². The summed E-state index contributed by atoms with van der Waals surface area (Å²) in [5.41, 5.74) is 2.55. The number of carbonyl (C=O) groups excluding carboxylic acids is 1. The molecule has 20 heavy (non-hydrogen) atoms. The van der Waals surface area contributed by atoms with Gasteiger partial charge in [-0.3, -0.25) is 4.79 Å². The van der Waals surface area contributed by atoms with Crippen molar-refractivity contribution in [2.45, 2.75) is 26.0 Å². The average Bonchev–Trinajstić information content (AvgIpc) is 2.82. The summed E-state index contributed by atoms with van der Waals surface area (Å²) in [5, 5.41) is 6.44. The Hall–Kier alpha value is -1.75. The molecule has 0 unspecified atom stereocenters. The van der Waals surface area contributed by atoms with E-state index in [1.165, 1.54) is 11.1 Å². The summed E-state index contributed by atoms with van der Waals surface area (Å²) in [6.07, 6.45) is 0.475. The monoisotopic (exact) mass is 290 g/mol. The number of hydrogen-bond acceptors (Lipinski definition) is 4. The number of nitrogens with one attached hydrogen (secondary N) is 1. The molecule has 2 aromatic rings. The van der Waals surface area contributed by atoms with Gasteiger partial charge in [0, 0.05) is 24.0 Å². The first-order chi connectivity index (χ1) is 9.63. The molecule has 1 amide bonds. The van der Waals surface area contributed by atoms with Crippen molar-refractivity contribution in [2.75, 3.05) is 11.1 Å². The molecule has 0 aliphatic carbocycles. The van der Waals surface area contributed by atoms with Crippen LogP contribution in [0.2, 0.25) is 0 Å². The molecular formula is C15H18N2O2S. The zero-order chi connectivity index (χ0) is 14.4. The van der Waals surface area contributed by atoms with E-state index in [0.717, 1.165) is 11.5 Å². The highest BCUT2D eigenvalue weighted by Gasteiger charge is 2.05. The molecule has 0 fully saturated rings. The van der Waals surface area contributed by atoms with Gasteiger partial charge in [0.1, 0.15) is 5.76 Å². The summed E-state index contributed by atoms with van der Waals surface area (Å²) < 4.78 is 4.89. The van der Waals surface area contributed by atoms with E-state index >= 15 is 0 Å². The highest BCUT2D eigenvalue weighted by Crippen LogP contribution is 2.14. The van der Waals surface area contributed by atoms with Gasteiger partial charge in [-0.15, -0.1) is 0 Å². The van der Waals surface area contributed by atoms with Crippen LogP contribution in [0.1, 0.15) is 23.3 Å². The predicted octanol–water partition coefficient (Wildman–Crippen LogP) is 3.55. The minimum atomic E-state index is -0.0327. The SMILES string of the molecule is Cc1ccc(CSCCC(=O)Nc2cc(C)on2)cc1. The van der Waals surface area contributed by atoms with Gasteiger partial charge in [-0.1, -0.05) is 35.0 Å². The summed E-state index contributed by atoms with van der Waals surface area (Å²) in [5.74, 6) is 2.85. The molecule has 2 rings (SSSR count). The lowest BCUT2D eigenvalue weighted by Crippen LogP contribution is -2.12. The summed E-state index contributed by atoms with van der Waals surface area (Å²) in [7, 11) is 0. The second-order valence-electron chi connectivity index (χ2n) is 4.66. The maximum Gasteiger partial charge on any atom is 0.226 e. The average molecular weight is 290 g/mol. The van der Waals surface area contributed by atoms with Gasteiger partial charge >= 0.3 is 0 Å². The van der Waals surface area contributed by atoms with Gasteiger partial charge in [0.15, 0.2) is 5.82 Å². The molecule has 1 aromatic carbocycles. The Morgan fingerprint density at radius 3 is 2.70 bits per heavy atom. The molecular weight excluding hydrogens is 272 g/mol. The van der Waals surface area contributed by atoms with Gasteiger partial charge in [-0.25, -0.2) is 0 Å². The van der Waals surface area contributed by atoms with Crippen molar-refractivity contribution in [1.29, 1.82) is 0 Å². The number of hydrogen-bond donors (Lipinski definition) is 1. The zero-order valence-electron chi connectivity index (χ0n) is 11.7. The third-order valence-corrected chi connectivity index (χ3v) is 3.79. The van der Waals surface area contributed by atoms with Crippen LogP contribution >= 0.6 is 11.8 Å². The van der Waals surface area contributed by atoms with E-state index in [1.807, 2.05) is 0 Å². The molecule has 0 saturated heterocycles. The van der Waals surface area contributed by atoms with E-state index in [9.17, 15) is 4.79 Å². The predicted molar refractivity (Wildman–Crippen MR) is 81.8 cm³/mol. The van der Waals surface area contributed by atoms with Gasteiger partial charge in [0.05, 0.1) is 0 Å². The lowest BCUT2D eigenvalue weighted by Gasteiger charge is -2.03. The topological polar surface area (TPSA) is 55.1 Å². The first-order valence-electron chi connectivity index (χ1n) is 6.50. The number of aromatic nitrogens is 1. The summed E-state index contributed by atoms with van der Waals surface area (Å²) in [4.78, 5) is 11.7. The Morgan fingerprint density at radius 2 is 2.05 bits per heavy atom. The van der Waals surface area contributed by atoms with Crippen LogP contribution in [-0.4, -0.2) is 16.8 Å². The van der Waals surface area contributed by atoms with Crippen LogP contribution in [0.15, 0.2) is 34.9 Å². The van der Waals surface area contributed by atoms with E-state index in [0.29, 0.717) is 18.0 Å². The third kappa shape index (κ3) is 4.74. The second kappa shape index (κ2) is 7.14. The molecule has 1 aromatic heterocycles. The quantitative estimate of drug-likeness (QED) is 0.827. The fourth-order valence-electron chi connectivity index (χ4n) is 1.67. The van der Waals surface area contributed by atoms with Crippen molar-refractivity contribution in [1.82, 2.24) is 5.16 Å². The number of amides is 1. The van der Waals surface area contributed by atoms with Crippen molar-refractivity contribution in [3.63, 3.8) is 0 Å². The number of anilines is 1. The fraction of sp³-hybridized carbons (Fsp3) is 0.333. The lowest BCUT2D eigenvalue weighted by atomic mass is 10.2. The summed E-state index contributed by atoms with van der Waals surface area (Å²) >= 11 is 1.75. The Balaban J connectivity index is 1.65. The van der Waals surface area contributed by atoms with Gasteiger partial charge in [0.2, 0.25) is 5.91 Å². The molecule has 0 radical (unpaired) electrons. The Kier molecular flexibility index (Phi) is 5.24. The molecule has 1 N–H and O–H groups in total. The molecule has 0 spiro atoms. The Bertz CT molecular complexity index is 564. The normalized spacial score (nSPS) is 10.5. The van der Waals surface area contributed by atoms with Crippen molar-refractivity contribution >= 4 is 23.5 Å². The summed E-state index contributed by atoms with van der Waals surface area (Å²) in [6, 6.07) is 10.2. The molecule has 5 heteroatoms. The number of nitrogens with zero attached hydrogens (tertiary/aromatic N) is 1. The molecule has 106 valence electrons. The van der Waals surface area contributed by atoms with E-state index in [4.69, 9.17) is 4.52 Å². The van der Waals surface area contributed by atoms with E-state index in [2.05, 4.69) is 41.7 Å². The molecule has 0 aliphatic rings. The van der Waals surface area contributed by atoms with Gasteiger partial charge in [0.25, 0.3) is 0 Å². The molecule has 0 atom stereocenters. The van der Waals surface area contributed by atoms with Crippen molar-refractivity contribution in [2.24, 2.45) is 0 Å². The number of aryl methyl sites for hydroxylation is 2. The second-order valence-corrected chi connectivity index (χ2v) is 5.76. The maximum absolute atomic E-state index is 11.7. The van der Waals surface area contributed by atoms with Crippen molar-refractivity contribution in [3.05, 3.63) is 47.2 Å². The Labute approximate surface area is 122 Å². The first-order valence-corrected chi connectivity index (χ1v) is 7.65. The molecule has 4 nitrogen and oxygen atoms in total. The van der Waals surface area contributed by atoms with Crippen LogP contribution in [0.4, 0.5) is 5.82 Å². The number of thioether (sulfide) groups is 1. The minimum absolute atomic E-state index is 0.0327. The van der Waals surface area contributed by atoms with Gasteiger partial charge < -0.3 is 9.84 Å². The van der Waals surface area contributed by atoms with Gasteiger partial charge in [-0.05, 0) is 19.4 Å². The molecule has 0 bridgehead atoms. The minimum Gasteiger partial charge on any atom is -0.360 e. The molecule has 0 aliphatic heterocycles. The fourth-order valence-corrected chi connectivity index (χ4v) is 2.57. The van der Waals surface area contributed by atoms with E-state index in [-0.39, 0.29) is 5.91 Å². The Morgan fingerprint density at radius 1 is 1.30 bits per heavy atom. The zero-order valence-corrected chi connectivity index (χ0v) is 12.5. The lowest BCUT2D eigenvalue weighted by molar-refractivity contribution is -0.115. The summed E-state index contributed by atoms with van der Waals surface area (Å²) in [6.45, 7) is 3.87. The van der Waals surface area contributed by atoms with Gasteiger partial charge in [-0.2, -0.15) is 11.8 Å². The van der Waals surface area contributed by atoms with Crippen LogP contribution in [0.5, 0.6) is 0 Å². The third-order valence-electron chi connectivity index (χ3n) is 2.76. The van der Waals surface area contributed by atoms with Crippen LogP contribution in [0.3, 0.4) is 0 Å². The largest absolute Gasteiger partial charge is 0.360 e. The van der Waals surface area contributed by atoms with Crippen molar-refractivity contribution < 1.29 is 9.32 Å². The molecule has 0 saturated carbocycles. The van der Waals surface area contributed by atoms with Crippen LogP contribution < -0.4 is 5.32 Å². The van der Waals surface area contributed by atoms with E-state index < -0.39 is 0 Å². The number of rotatable bonds is 6. The van der Waals surface area contributed by atoms with Crippen LogP contribution in [-0.2, 0) is 10.5 Å². The standard InChI is InChI=1S/C15H18N2O2S/c1-11-3-5-13(6-4-11)10-20-8-7-15(18)16-14-9-12(2)19-17-14/h3-6,9H,7-8,10H2,1-2H3,(H,16,17,18). The van der Waals surface area contributed by atoms with Crippen LogP contribution in [0.25, 0.3) is 0 Å². The smallest absolute Gasteiger partial charge is 0.226 e. The number of benzene rings is 1. The maximum atomic E-state index is 11.7. The first kappa shape index (κ1) is 14.7.